The van der Waals surface area contributed by atoms with E-state index in [2.05, 4.69) is 21.2 Å². The highest BCUT2D eigenvalue weighted by atomic mass is 79.9. The van der Waals surface area contributed by atoms with Crippen LogP contribution in [0.25, 0.3) is 0 Å². The van der Waals surface area contributed by atoms with Crippen LogP contribution >= 0.6 is 15.9 Å². The summed E-state index contributed by atoms with van der Waals surface area (Å²) in [4.78, 5) is 12.1. The summed E-state index contributed by atoms with van der Waals surface area (Å²) >= 11 is 3.30. The summed E-state index contributed by atoms with van der Waals surface area (Å²) in [7, 11) is 0. The molecule has 0 aliphatic rings. The van der Waals surface area contributed by atoms with Gasteiger partial charge in [-0.15, -0.1) is 0 Å². The van der Waals surface area contributed by atoms with E-state index in [1.807, 2.05) is 12.1 Å². The molecule has 1 N–H and O–H groups in total. The van der Waals surface area contributed by atoms with Gasteiger partial charge in [-0.1, -0.05) is 40.2 Å². The van der Waals surface area contributed by atoms with E-state index in [1.165, 1.54) is 18.2 Å². The fraction of sp³-hybridized carbons (Fsp3) is 0.188. The summed E-state index contributed by atoms with van der Waals surface area (Å²) in [5.41, 5.74) is -0.504. The molecule has 1 amide bonds. The molecule has 0 aliphatic carbocycles. The Balaban J connectivity index is 2.21. The van der Waals surface area contributed by atoms with Crippen molar-refractivity contribution in [3.05, 3.63) is 69.7 Å². The zero-order valence-corrected chi connectivity index (χ0v) is 13.2. The van der Waals surface area contributed by atoms with Crippen LogP contribution in [-0.2, 0) is 6.18 Å². The predicted octanol–water partition coefficient (Wildman–Crippen LogP) is 4.96. The first-order chi connectivity index (χ1) is 10.3. The van der Waals surface area contributed by atoms with Crippen LogP contribution in [0.15, 0.2) is 53.0 Å². The summed E-state index contributed by atoms with van der Waals surface area (Å²) in [5.74, 6) is -0.747. The van der Waals surface area contributed by atoms with Crippen LogP contribution in [0.1, 0.15) is 34.5 Å². The van der Waals surface area contributed by atoms with Gasteiger partial charge < -0.3 is 5.32 Å². The van der Waals surface area contributed by atoms with E-state index < -0.39 is 23.7 Å². The number of rotatable bonds is 3. The Kier molecular flexibility index (Phi) is 4.90. The van der Waals surface area contributed by atoms with Gasteiger partial charge in [0.15, 0.2) is 0 Å². The minimum atomic E-state index is -4.56. The van der Waals surface area contributed by atoms with Crippen LogP contribution in [0, 0.1) is 0 Å². The zero-order chi connectivity index (χ0) is 16.3. The number of nitrogens with one attached hydrogen (secondary N) is 1. The first-order valence-electron chi connectivity index (χ1n) is 6.51. The van der Waals surface area contributed by atoms with Crippen molar-refractivity contribution in [1.82, 2.24) is 5.32 Å². The molecule has 2 nitrogen and oxygen atoms in total. The molecule has 0 fully saturated rings. The van der Waals surface area contributed by atoms with Crippen molar-refractivity contribution in [3.63, 3.8) is 0 Å². The van der Waals surface area contributed by atoms with E-state index >= 15 is 0 Å². The van der Waals surface area contributed by atoms with Crippen LogP contribution in [0.4, 0.5) is 13.2 Å². The molecule has 22 heavy (non-hydrogen) atoms. The van der Waals surface area contributed by atoms with Crippen molar-refractivity contribution in [3.8, 4) is 0 Å². The van der Waals surface area contributed by atoms with Crippen molar-refractivity contribution in [2.45, 2.75) is 19.1 Å². The number of hydrogen-bond donors (Lipinski definition) is 1. The molecule has 2 rings (SSSR count). The Morgan fingerprint density at radius 3 is 2.27 bits per heavy atom. The molecule has 6 heteroatoms. The van der Waals surface area contributed by atoms with Gasteiger partial charge in [-0.25, -0.2) is 0 Å². The van der Waals surface area contributed by atoms with Gasteiger partial charge in [-0.05, 0) is 36.8 Å². The van der Waals surface area contributed by atoms with Gasteiger partial charge in [0.05, 0.1) is 17.2 Å². The molecule has 2 aromatic carbocycles. The molecule has 0 heterocycles. The van der Waals surface area contributed by atoms with Crippen molar-refractivity contribution < 1.29 is 18.0 Å². The average molecular weight is 372 g/mol. The molecular weight excluding hydrogens is 359 g/mol. The number of carbonyl (C=O) groups is 1. The number of alkyl halides is 3. The van der Waals surface area contributed by atoms with Gasteiger partial charge in [0, 0.05) is 4.47 Å². The lowest BCUT2D eigenvalue weighted by molar-refractivity contribution is -0.137. The number of hydrogen-bond acceptors (Lipinski definition) is 1. The molecule has 0 bridgehead atoms. The Morgan fingerprint density at radius 2 is 1.68 bits per heavy atom. The molecule has 0 aliphatic heterocycles. The third-order valence-corrected chi connectivity index (χ3v) is 3.72. The van der Waals surface area contributed by atoms with Crippen LogP contribution < -0.4 is 5.32 Å². The third-order valence-electron chi connectivity index (χ3n) is 3.19. The van der Waals surface area contributed by atoms with E-state index in [-0.39, 0.29) is 5.56 Å². The SMILES string of the molecule is CC(NC(=O)c1ccccc1C(F)(F)F)c1ccc(Br)cc1. The summed E-state index contributed by atoms with van der Waals surface area (Å²) in [6.07, 6.45) is -4.56. The molecule has 116 valence electrons. The van der Waals surface area contributed by atoms with E-state index in [9.17, 15) is 18.0 Å². The largest absolute Gasteiger partial charge is 0.417 e. The zero-order valence-electron chi connectivity index (χ0n) is 11.6. The maximum atomic E-state index is 12.9. The Hall–Kier alpha value is -1.82. The Bertz CT molecular complexity index is 668. The molecule has 2 aromatic rings. The van der Waals surface area contributed by atoms with E-state index in [1.54, 1.807) is 19.1 Å². The van der Waals surface area contributed by atoms with Crippen molar-refractivity contribution in [1.29, 1.82) is 0 Å². The van der Waals surface area contributed by atoms with Crippen LogP contribution in [0.3, 0.4) is 0 Å². The molecule has 1 unspecified atom stereocenters. The smallest absolute Gasteiger partial charge is 0.346 e. The minimum absolute atomic E-state index is 0.376. The number of amides is 1. The van der Waals surface area contributed by atoms with E-state index in [4.69, 9.17) is 0 Å². The lowest BCUT2D eigenvalue weighted by Crippen LogP contribution is -2.28. The van der Waals surface area contributed by atoms with Crippen LogP contribution in [0.2, 0.25) is 0 Å². The van der Waals surface area contributed by atoms with Gasteiger partial charge in [0.2, 0.25) is 0 Å². The molecule has 0 saturated heterocycles. The van der Waals surface area contributed by atoms with Crippen LogP contribution in [-0.4, -0.2) is 5.91 Å². The number of benzene rings is 2. The van der Waals surface area contributed by atoms with Crippen molar-refractivity contribution in [2.24, 2.45) is 0 Å². The monoisotopic (exact) mass is 371 g/mol. The summed E-state index contributed by atoms with van der Waals surface area (Å²) in [6, 6.07) is 11.6. The number of carbonyl (C=O) groups excluding carboxylic acids is 1. The Labute approximate surface area is 134 Å². The summed E-state index contributed by atoms with van der Waals surface area (Å²) in [5, 5.41) is 2.59. The highest BCUT2D eigenvalue weighted by molar-refractivity contribution is 9.10. The third kappa shape index (κ3) is 3.88. The predicted molar refractivity (Wildman–Crippen MR) is 81.5 cm³/mol. The molecule has 0 spiro atoms. The molecule has 0 saturated carbocycles. The topological polar surface area (TPSA) is 29.1 Å². The van der Waals surface area contributed by atoms with Gasteiger partial charge in [0.25, 0.3) is 5.91 Å². The molecular formula is C16H13BrF3NO. The molecule has 0 radical (unpaired) electrons. The maximum Gasteiger partial charge on any atom is 0.417 e. The highest BCUT2D eigenvalue weighted by Crippen LogP contribution is 2.32. The van der Waals surface area contributed by atoms with Gasteiger partial charge in [0.1, 0.15) is 0 Å². The Morgan fingerprint density at radius 1 is 1.09 bits per heavy atom. The van der Waals surface area contributed by atoms with Gasteiger partial charge >= 0.3 is 6.18 Å². The molecule has 0 aromatic heterocycles. The highest BCUT2D eigenvalue weighted by Gasteiger charge is 2.35. The molecule has 1 atom stereocenters. The number of halogens is 4. The fourth-order valence-corrected chi connectivity index (χ4v) is 2.30. The first kappa shape index (κ1) is 16.5. The van der Waals surface area contributed by atoms with Crippen LogP contribution in [0.5, 0.6) is 0 Å². The second kappa shape index (κ2) is 6.52. The van der Waals surface area contributed by atoms with Gasteiger partial charge in [-0.3, -0.25) is 4.79 Å². The van der Waals surface area contributed by atoms with E-state index in [0.717, 1.165) is 16.1 Å². The maximum absolute atomic E-state index is 12.9. The average Bonchev–Trinajstić information content (AvgIpc) is 2.47. The van der Waals surface area contributed by atoms with Gasteiger partial charge in [-0.2, -0.15) is 13.2 Å². The fourth-order valence-electron chi connectivity index (χ4n) is 2.04. The second-order valence-corrected chi connectivity index (χ2v) is 5.71. The lowest BCUT2D eigenvalue weighted by Gasteiger charge is -2.17. The van der Waals surface area contributed by atoms with Crippen molar-refractivity contribution in [2.75, 3.05) is 0 Å². The quantitative estimate of drug-likeness (QED) is 0.811. The summed E-state index contributed by atoms with van der Waals surface area (Å²) in [6.45, 7) is 1.72. The second-order valence-electron chi connectivity index (χ2n) is 4.79. The van der Waals surface area contributed by atoms with Crippen molar-refractivity contribution >= 4 is 21.8 Å². The normalized spacial score (nSPS) is 12.8. The standard InChI is InChI=1S/C16H13BrF3NO/c1-10(11-6-8-12(17)9-7-11)21-15(22)13-4-2-3-5-14(13)16(18,19)20/h2-10H,1H3,(H,21,22). The first-order valence-corrected chi connectivity index (χ1v) is 7.31. The summed E-state index contributed by atoms with van der Waals surface area (Å²) < 4.78 is 39.7. The minimum Gasteiger partial charge on any atom is -0.346 e. The van der Waals surface area contributed by atoms with E-state index in [0.29, 0.717) is 0 Å². The lowest BCUT2D eigenvalue weighted by atomic mass is 10.0.